The predicted molar refractivity (Wildman–Crippen MR) is 51.0 cm³/mol. The van der Waals surface area contributed by atoms with Crippen LogP contribution in [0.4, 0.5) is 0 Å². The highest BCUT2D eigenvalue weighted by atomic mass is 32.2. The Labute approximate surface area is 73.2 Å². The van der Waals surface area contributed by atoms with Crippen molar-refractivity contribution in [3.8, 4) is 0 Å². The molecule has 0 aliphatic carbocycles. The molecule has 11 heavy (non-hydrogen) atoms. The van der Waals surface area contributed by atoms with Gasteiger partial charge in [-0.2, -0.15) is 11.8 Å². The molecule has 1 fully saturated rings. The molecule has 0 saturated carbocycles. The fraction of sp³-hybridized carbons (Fsp3) is 0.778. The summed E-state index contributed by atoms with van der Waals surface area (Å²) in [5.74, 6) is 1.72. The molecule has 0 bridgehead atoms. The maximum Gasteiger partial charge on any atom is 0.0731 e. The van der Waals surface area contributed by atoms with E-state index < -0.39 is 0 Å². The van der Waals surface area contributed by atoms with E-state index in [-0.39, 0.29) is 0 Å². The van der Waals surface area contributed by atoms with E-state index in [4.69, 9.17) is 4.74 Å². The molecule has 0 N–H and O–H groups in total. The zero-order valence-electron chi connectivity index (χ0n) is 7.30. The van der Waals surface area contributed by atoms with Gasteiger partial charge in [-0.1, -0.05) is 12.2 Å². The van der Waals surface area contributed by atoms with Crippen LogP contribution in [-0.4, -0.2) is 24.7 Å². The molecule has 0 aromatic carbocycles. The van der Waals surface area contributed by atoms with Crippen LogP contribution in [-0.2, 0) is 4.74 Å². The van der Waals surface area contributed by atoms with E-state index in [1.165, 1.54) is 12.0 Å². The molecular weight excluding hydrogens is 156 g/mol. The van der Waals surface area contributed by atoms with Gasteiger partial charge in [0.05, 0.1) is 6.10 Å². The van der Waals surface area contributed by atoms with Gasteiger partial charge in [0.15, 0.2) is 0 Å². The average molecular weight is 172 g/mol. The van der Waals surface area contributed by atoms with E-state index in [9.17, 15) is 0 Å². The Morgan fingerprint density at radius 2 is 2.45 bits per heavy atom. The lowest BCUT2D eigenvalue weighted by Crippen LogP contribution is -2.19. The Kier molecular flexibility index (Phi) is 3.46. The Balaban J connectivity index is 2.44. The van der Waals surface area contributed by atoms with Gasteiger partial charge in [0.25, 0.3) is 0 Å². The van der Waals surface area contributed by atoms with E-state index in [1.807, 2.05) is 11.8 Å². The Morgan fingerprint density at radius 3 is 3.00 bits per heavy atom. The van der Waals surface area contributed by atoms with Crippen LogP contribution in [0.3, 0.4) is 0 Å². The van der Waals surface area contributed by atoms with Gasteiger partial charge in [0, 0.05) is 18.3 Å². The maximum atomic E-state index is 5.59. The number of ether oxygens (including phenoxy) is 1. The third kappa shape index (κ3) is 2.24. The fourth-order valence-electron chi connectivity index (χ4n) is 1.54. The zero-order chi connectivity index (χ0) is 8.27. The SMILES string of the molecule is C=C(C)C1CCOC1CSC. The van der Waals surface area contributed by atoms with Crippen LogP contribution >= 0.6 is 11.8 Å². The van der Waals surface area contributed by atoms with Crippen molar-refractivity contribution in [2.45, 2.75) is 19.4 Å². The summed E-state index contributed by atoms with van der Waals surface area (Å²) in [5, 5.41) is 0. The number of rotatable bonds is 3. The second-order valence-electron chi connectivity index (χ2n) is 3.11. The summed E-state index contributed by atoms with van der Waals surface area (Å²) in [6.45, 7) is 7.00. The summed E-state index contributed by atoms with van der Waals surface area (Å²) >= 11 is 1.85. The zero-order valence-corrected chi connectivity index (χ0v) is 8.12. The highest BCUT2D eigenvalue weighted by Gasteiger charge is 2.27. The molecule has 1 aliphatic rings. The lowest BCUT2D eigenvalue weighted by molar-refractivity contribution is 0.116. The maximum absolute atomic E-state index is 5.59. The molecule has 1 saturated heterocycles. The van der Waals surface area contributed by atoms with Crippen molar-refractivity contribution in [1.29, 1.82) is 0 Å². The van der Waals surface area contributed by atoms with E-state index in [0.717, 1.165) is 12.4 Å². The second-order valence-corrected chi connectivity index (χ2v) is 4.02. The monoisotopic (exact) mass is 172 g/mol. The molecule has 0 aromatic rings. The molecule has 0 radical (unpaired) electrons. The summed E-state index contributed by atoms with van der Waals surface area (Å²) in [6.07, 6.45) is 3.72. The summed E-state index contributed by atoms with van der Waals surface area (Å²) in [6, 6.07) is 0. The second kappa shape index (κ2) is 4.17. The molecule has 0 amide bonds. The Bertz CT molecular complexity index is 144. The molecule has 0 spiro atoms. The molecule has 64 valence electrons. The van der Waals surface area contributed by atoms with Crippen molar-refractivity contribution in [3.05, 3.63) is 12.2 Å². The number of thioether (sulfide) groups is 1. The molecule has 1 aliphatic heterocycles. The van der Waals surface area contributed by atoms with Crippen molar-refractivity contribution >= 4 is 11.8 Å². The van der Waals surface area contributed by atoms with Crippen LogP contribution in [0.15, 0.2) is 12.2 Å². The third-order valence-electron chi connectivity index (χ3n) is 2.17. The van der Waals surface area contributed by atoms with E-state index in [2.05, 4.69) is 19.8 Å². The van der Waals surface area contributed by atoms with Gasteiger partial charge < -0.3 is 4.74 Å². The molecular formula is C9H16OS. The first-order chi connectivity index (χ1) is 5.25. The summed E-state index contributed by atoms with van der Waals surface area (Å²) in [7, 11) is 0. The van der Waals surface area contributed by atoms with Gasteiger partial charge in [-0.05, 0) is 19.6 Å². The highest BCUT2D eigenvalue weighted by molar-refractivity contribution is 7.98. The van der Waals surface area contributed by atoms with Crippen LogP contribution < -0.4 is 0 Å². The van der Waals surface area contributed by atoms with Crippen molar-refractivity contribution in [2.24, 2.45) is 5.92 Å². The molecule has 2 heteroatoms. The van der Waals surface area contributed by atoms with Crippen molar-refractivity contribution in [1.82, 2.24) is 0 Å². The van der Waals surface area contributed by atoms with Gasteiger partial charge in [-0.3, -0.25) is 0 Å². The minimum Gasteiger partial charge on any atom is -0.377 e. The molecule has 1 rings (SSSR count). The molecule has 2 unspecified atom stereocenters. The summed E-state index contributed by atoms with van der Waals surface area (Å²) in [5.41, 5.74) is 1.28. The van der Waals surface area contributed by atoms with Crippen molar-refractivity contribution in [2.75, 3.05) is 18.6 Å². The van der Waals surface area contributed by atoms with Gasteiger partial charge in [-0.15, -0.1) is 0 Å². The number of hydrogen-bond acceptors (Lipinski definition) is 2. The Morgan fingerprint density at radius 1 is 1.73 bits per heavy atom. The van der Waals surface area contributed by atoms with Crippen LogP contribution in [0, 0.1) is 5.92 Å². The normalized spacial score (nSPS) is 30.7. The van der Waals surface area contributed by atoms with Crippen LogP contribution in [0.2, 0.25) is 0 Å². The molecule has 0 aromatic heterocycles. The highest BCUT2D eigenvalue weighted by Crippen LogP contribution is 2.28. The molecule has 2 atom stereocenters. The minimum absolute atomic E-state index is 0.433. The van der Waals surface area contributed by atoms with Crippen molar-refractivity contribution < 1.29 is 4.74 Å². The minimum atomic E-state index is 0.433. The van der Waals surface area contributed by atoms with Gasteiger partial charge in [-0.25, -0.2) is 0 Å². The largest absolute Gasteiger partial charge is 0.377 e. The van der Waals surface area contributed by atoms with E-state index in [0.29, 0.717) is 12.0 Å². The van der Waals surface area contributed by atoms with Crippen molar-refractivity contribution in [3.63, 3.8) is 0 Å². The van der Waals surface area contributed by atoms with Crippen LogP contribution in [0.5, 0.6) is 0 Å². The van der Waals surface area contributed by atoms with E-state index in [1.54, 1.807) is 0 Å². The smallest absolute Gasteiger partial charge is 0.0731 e. The first-order valence-corrected chi connectivity index (χ1v) is 5.41. The first-order valence-electron chi connectivity index (χ1n) is 4.01. The lowest BCUT2D eigenvalue weighted by Gasteiger charge is -2.16. The summed E-state index contributed by atoms with van der Waals surface area (Å²) < 4.78 is 5.59. The lowest BCUT2D eigenvalue weighted by atomic mass is 9.96. The van der Waals surface area contributed by atoms with Gasteiger partial charge in [0.1, 0.15) is 0 Å². The van der Waals surface area contributed by atoms with Gasteiger partial charge >= 0.3 is 0 Å². The standard InChI is InChI=1S/C9H16OS/c1-7(2)8-4-5-10-9(8)6-11-3/h8-9H,1,4-6H2,2-3H3. The third-order valence-corrected chi connectivity index (χ3v) is 2.84. The predicted octanol–water partition coefficient (Wildman–Crippen LogP) is 2.33. The summed E-state index contributed by atoms with van der Waals surface area (Å²) in [4.78, 5) is 0. The molecule has 1 nitrogen and oxygen atoms in total. The van der Waals surface area contributed by atoms with Crippen LogP contribution in [0.1, 0.15) is 13.3 Å². The quantitative estimate of drug-likeness (QED) is 0.604. The first kappa shape index (κ1) is 9.14. The van der Waals surface area contributed by atoms with Gasteiger partial charge in [0.2, 0.25) is 0 Å². The van der Waals surface area contributed by atoms with Crippen LogP contribution in [0.25, 0.3) is 0 Å². The molecule has 1 heterocycles. The average Bonchev–Trinajstić information content (AvgIpc) is 2.36. The Hall–Kier alpha value is 0.0500. The topological polar surface area (TPSA) is 9.23 Å². The van der Waals surface area contributed by atoms with E-state index >= 15 is 0 Å². The fourth-order valence-corrected chi connectivity index (χ4v) is 2.20. The number of hydrogen-bond donors (Lipinski definition) is 0.